The number of anilines is 2. The summed E-state index contributed by atoms with van der Waals surface area (Å²) in [5.41, 5.74) is 4.10. The van der Waals surface area contributed by atoms with Gasteiger partial charge in [-0.3, -0.25) is 14.6 Å². The minimum absolute atomic E-state index is 0.329. The number of benzene rings is 1. The lowest BCUT2D eigenvalue weighted by molar-refractivity contribution is 0.0398. The fourth-order valence-corrected chi connectivity index (χ4v) is 6.56. The Labute approximate surface area is 242 Å². The molecule has 0 atom stereocenters. The molecular formula is C28H31N9O4S. The van der Waals surface area contributed by atoms with Crippen LogP contribution in [-0.2, 0) is 14.8 Å². The minimum Gasteiger partial charge on any atom is -0.494 e. The van der Waals surface area contributed by atoms with Crippen LogP contribution in [0.5, 0.6) is 5.75 Å². The average Bonchev–Trinajstić information content (AvgIpc) is 3.71. The minimum atomic E-state index is -3.41. The Bertz CT molecular complexity index is 1860. The normalized spacial score (nSPS) is 16.2. The summed E-state index contributed by atoms with van der Waals surface area (Å²) in [6.45, 7) is 4.86. The van der Waals surface area contributed by atoms with Crippen LogP contribution < -0.4 is 14.8 Å². The third kappa shape index (κ3) is 5.12. The maximum Gasteiger partial charge on any atom is 0.235 e. The third-order valence-corrected chi connectivity index (χ3v) is 9.45. The predicted molar refractivity (Wildman–Crippen MR) is 159 cm³/mol. The topological polar surface area (TPSA) is 141 Å². The van der Waals surface area contributed by atoms with E-state index in [-0.39, 0.29) is 5.25 Å². The molecule has 1 aliphatic heterocycles. The summed E-state index contributed by atoms with van der Waals surface area (Å²) in [5.74, 6) is 1.17. The van der Waals surface area contributed by atoms with Crippen molar-refractivity contribution < 1.29 is 17.9 Å². The number of hydrogen-bond acceptors (Lipinski definition) is 10. The maximum absolute atomic E-state index is 12.5. The smallest absolute Gasteiger partial charge is 0.235 e. The Morgan fingerprint density at radius 3 is 2.79 bits per heavy atom. The lowest BCUT2D eigenvalue weighted by Crippen LogP contribution is -2.39. The van der Waals surface area contributed by atoms with Gasteiger partial charge in [-0.05, 0) is 37.1 Å². The van der Waals surface area contributed by atoms with Crippen molar-refractivity contribution in [3.8, 4) is 22.7 Å². The van der Waals surface area contributed by atoms with Crippen molar-refractivity contribution in [1.82, 2.24) is 34.3 Å². The van der Waals surface area contributed by atoms with Gasteiger partial charge < -0.3 is 14.8 Å². The quantitative estimate of drug-likeness (QED) is 0.250. The molecule has 218 valence electrons. The van der Waals surface area contributed by atoms with Gasteiger partial charge in [-0.2, -0.15) is 5.10 Å². The molecule has 5 aromatic rings. The van der Waals surface area contributed by atoms with E-state index < -0.39 is 10.0 Å². The molecule has 0 bridgehead atoms. The molecular weight excluding hydrogens is 558 g/mol. The molecule has 2 N–H and O–H groups in total. The summed E-state index contributed by atoms with van der Waals surface area (Å²) in [6.07, 6.45) is 8.49. The molecule has 0 radical (unpaired) electrons. The first-order valence-electron chi connectivity index (χ1n) is 13.9. The number of morpholine rings is 1. The largest absolute Gasteiger partial charge is 0.494 e. The first-order valence-corrected chi connectivity index (χ1v) is 15.5. The highest BCUT2D eigenvalue weighted by Gasteiger charge is 2.35. The Hall–Kier alpha value is -4.27. The third-order valence-electron chi connectivity index (χ3n) is 7.58. The number of rotatable bonds is 10. The summed E-state index contributed by atoms with van der Waals surface area (Å²) in [5, 5.41) is 13.4. The number of methoxy groups -OCH3 is 1. The van der Waals surface area contributed by atoms with Gasteiger partial charge in [0.15, 0.2) is 11.5 Å². The number of pyridine rings is 1. The standard InChI is InChI=1S/C28H31N9O4S/c1-40-26-15-19(34-42(38,39)20-4-5-20)3-6-24(26)37-25-16-23(21-18-32-36-9-2-7-30-28(21)36)31-17-22(25)27(33-37)29-8-10-35-11-13-41-14-12-35/h2-3,6-7,9,15-18,20,34H,4-5,8,10-14H2,1H3,(H,29,33). The molecule has 5 heterocycles. The van der Waals surface area contributed by atoms with Crippen LogP contribution in [0.15, 0.2) is 55.1 Å². The molecule has 2 aliphatic rings. The highest BCUT2D eigenvalue weighted by molar-refractivity contribution is 7.93. The fourth-order valence-electron chi connectivity index (χ4n) is 5.18. The molecule has 14 heteroatoms. The van der Waals surface area contributed by atoms with E-state index in [2.05, 4.69) is 25.0 Å². The second kappa shape index (κ2) is 10.9. The van der Waals surface area contributed by atoms with Crippen LogP contribution in [0.4, 0.5) is 11.5 Å². The lowest BCUT2D eigenvalue weighted by Gasteiger charge is -2.26. The summed E-state index contributed by atoms with van der Waals surface area (Å²) in [6, 6.07) is 9.01. The maximum atomic E-state index is 12.5. The number of nitrogens with one attached hydrogen (secondary N) is 2. The van der Waals surface area contributed by atoms with E-state index in [0.29, 0.717) is 53.7 Å². The van der Waals surface area contributed by atoms with E-state index in [1.54, 1.807) is 40.8 Å². The Morgan fingerprint density at radius 1 is 1.12 bits per heavy atom. The van der Waals surface area contributed by atoms with E-state index in [1.165, 1.54) is 0 Å². The molecule has 0 spiro atoms. The predicted octanol–water partition coefficient (Wildman–Crippen LogP) is 2.79. The van der Waals surface area contributed by atoms with E-state index in [1.807, 2.05) is 30.6 Å². The molecule has 13 nitrogen and oxygen atoms in total. The van der Waals surface area contributed by atoms with Gasteiger partial charge >= 0.3 is 0 Å². The molecule has 0 amide bonds. The molecule has 4 aromatic heterocycles. The van der Waals surface area contributed by atoms with Crippen molar-refractivity contribution in [2.24, 2.45) is 0 Å². The molecule has 0 unspecified atom stereocenters. The van der Waals surface area contributed by atoms with Gasteiger partial charge in [-0.15, -0.1) is 5.10 Å². The lowest BCUT2D eigenvalue weighted by atomic mass is 10.2. The number of ether oxygens (including phenoxy) is 2. The zero-order valence-corrected chi connectivity index (χ0v) is 23.9. The monoisotopic (exact) mass is 589 g/mol. The van der Waals surface area contributed by atoms with Crippen molar-refractivity contribution >= 4 is 38.1 Å². The van der Waals surface area contributed by atoms with Crippen LogP contribution >= 0.6 is 0 Å². The molecule has 42 heavy (non-hydrogen) atoms. The number of nitrogens with zero attached hydrogens (tertiary/aromatic N) is 7. The molecule has 1 aromatic carbocycles. The van der Waals surface area contributed by atoms with Crippen molar-refractivity contribution in [2.45, 2.75) is 18.1 Å². The second-order valence-corrected chi connectivity index (χ2v) is 12.4. The summed E-state index contributed by atoms with van der Waals surface area (Å²) < 4.78 is 42.5. The van der Waals surface area contributed by atoms with Crippen LogP contribution in [0, 0.1) is 0 Å². The Balaban J connectivity index is 1.28. The number of sulfonamides is 1. The Kier molecular flexibility index (Phi) is 6.88. The first-order chi connectivity index (χ1) is 20.5. The van der Waals surface area contributed by atoms with Crippen LogP contribution in [0.25, 0.3) is 33.5 Å². The summed E-state index contributed by atoms with van der Waals surface area (Å²) in [4.78, 5) is 11.6. The van der Waals surface area contributed by atoms with Crippen molar-refractivity contribution in [2.75, 3.05) is 56.5 Å². The zero-order valence-electron chi connectivity index (χ0n) is 23.1. The Morgan fingerprint density at radius 2 is 1.98 bits per heavy atom. The zero-order chi connectivity index (χ0) is 28.7. The van der Waals surface area contributed by atoms with E-state index in [9.17, 15) is 8.42 Å². The van der Waals surface area contributed by atoms with Gasteiger partial charge in [-0.25, -0.2) is 22.6 Å². The van der Waals surface area contributed by atoms with Crippen molar-refractivity contribution in [3.05, 3.63) is 55.1 Å². The number of hydrogen-bond donors (Lipinski definition) is 2. The summed E-state index contributed by atoms with van der Waals surface area (Å²) in [7, 11) is -1.86. The van der Waals surface area contributed by atoms with Gasteiger partial charge in [0.2, 0.25) is 10.0 Å². The van der Waals surface area contributed by atoms with Crippen LogP contribution in [0.3, 0.4) is 0 Å². The highest BCUT2D eigenvalue weighted by atomic mass is 32.2. The van der Waals surface area contributed by atoms with E-state index in [0.717, 1.165) is 49.3 Å². The SMILES string of the molecule is COc1cc(NS(=O)(=O)C2CC2)ccc1-n1nc(NCCN2CCOCC2)c2cnc(-c3cnn4cccnc34)cc21. The molecule has 2 fully saturated rings. The van der Waals surface area contributed by atoms with Gasteiger partial charge in [-0.1, -0.05) is 0 Å². The van der Waals surface area contributed by atoms with E-state index in [4.69, 9.17) is 19.6 Å². The number of aromatic nitrogens is 6. The van der Waals surface area contributed by atoms with Crippen LogP contribution in [0.2, 0.25) is 0 Å². The molecule has 1 saturated carbocycles. The van der Waals surface area contributed by atoms with Crippen LogP contribution in [-0.4, -0.2) is 94.4 Å². The van der Waals surface area contributed by atoms with Crippen molar-refractivity contribution in [3.63, 3.8) is 0 Å². The molecule has 1 saturated heterocycles. The van der Waals surface area contributed by atoms with Gasteiger partial charge in [0.25, 0.3) is 0 Å². The van der Waals surface area contributed by atoms with Gasteiger partial charge in [0.1, 0.15) is 11.4 Å². The first kappa shape index (κ1) is 26.6. The molecule has 7 rings (SSSR count). The number of fused-ring (bicyclic) bond motifs is 2. The second-order valence-electron chi connectivity index (χ2n) is 10.4. The fraction of sp³-hybridized carbons (Fsp3) is 0.357. The van der Waals surface area contributed by atoms with Crippen LogP contribution in [0.1, 0.15) is 12.8 Å². The summed E-state index contributed by atoms with van der Waals surface area (Å²) >= 11 is 0. The van der Waals surface area contributed by atoms with Crippen molar-refractivity contribution in [1.29, 1.82) is 0 Å². The average molecular weight is 590 g/mol. The molecule has 1 aliphatic carbocycles. The van der Waals surface area contributed by atoms with Gasteiger partial charge in [0.05, 0.1) is 59.6 Å². The highest BCUT2D eigenvalue weighted by Crippen LogP contribution is 2.35. The van der Waals surface area contributed by atoms with Gasteiger partial charge in [0, 0.05) is 50.8 Å². The van der Waals surface area contributed by atoms with E-state index >= 15 is 0 Å².